The Balaban J connectivity index is 2.02. The highest BCUT2D eigenvalue weighted by Crippen LogP contribution is 2.19. The number of benzene rings is 1. The van der Waals surface area contributed by atoms with Crippen LogP contribution in [0, 0.1) is 5.82 Å². The summed E-state index contributed by atoms with van der Waals surface area (Å²) < 4.78 is 18.7. The van der Waals surface area contributed by atoms with Crippen LogP contribution in [0.3, 0.4) is 0 Å². The zero-order valence-corrected chi connectivity index (χ0v) is 12.5. The van der Waals surface area contributed by atoms with Gasteiger partial charge >= 0.3 is 0 Å². The van der Waals surface area contributed by atoms with E-state index >= 15 is 0 Å². The minimum Gasteiger partial charge on any atom is -0.368 e. The molecule has 1 fully saturated rings. The van der Waals surface area contributed by atoms with Crippen molar-refractivity contribution < 1.29 is 13.9 Å². The summed E-state index contributed by atoms with van der Waals surface area (Å²) in [7, 11) is 0. The van der Waals surface area contributed by atoms with Gasteiger partial charge in [0.1, 0.15) is 11.9 Å². The largest absolute Gasteiger partial charge is 0.368 e. The molecule has 0 radical (unpaired) electrons. The molecule has 1 aliphatic heterocycles. The fourth-order valence-electron chi connectivity index (χ4n) is 2.31. The highest BCUT2D eigenvalue weighted by atomic mass is 35.5. The molecule has 110 valence electrons. The molecule has 1 aromatic rings. The molecule has 2 rings (SSSR count). The normalized spacial score (nSPS) is 20.4. The third kappa shape index (κ3) is 3.78. The van der Waals surface area contributed by atoms with Crippen molar-refractivity contribution in [3.05, 3.63) is 34.6 Å². The van der Waals surface area contributed by atoms with Crippen LogP contribution in [-0.4, -0.2) is 42.5 Å². The van der Waals surface area contributed by atoms with Crippen LogP contribution in [0.2, 0.25) is 5.02 Å². The van der Waals surface area contributed by atoms with E-state index in [9.17, 15) is 9.18 Å². The Morgan fingerprint density at radius 3 is 3.00 bits per heavy atom. The topological polar surface area (TPSA) is 29.5 Å². The molecule has 1 saturated heterocycles. The van der Waals surface area contributed by atoms with E-state index in [1.54, 1.807) is 0 Å². The number of halogens is 2. The van der Waals surface area contributed by atoms with Crippen LogP contribution in [0.1, 0.15) is 19.4 Å². The van der Waals surface area contributed by atoms with Crippen molar-refractivity contribution in [1.82, 2.24) is 4.90 Å². The van der Waals surface area contributed by atoms with Gasteiger partial charge in [-0.15, -0.1) is 0 Å². The molecule has 0 saturated carbocycles. The molecule has 0 amide bonds. The van der Waals surface area contributed by atoms with Crippen LogP contribution in [0.5, 0.6) is 0 Å². The molecule has 0 spiro atoms. The minimum absolute atomic E-state index is 0.0529. The molecule has 1 unspecified atom stereocenters. The lowest BCUT2D eigenvalue weighted by molar-refractivity contribution is -0.136. The van der Waals surface area contributed by atoms with E-state index in [4.69, 9.17) is 16.3 Å². The first kappa shape index (κ1) is 15.4. The fourth-order valence-corrected chi connectivity index (χ4v) is 2.50. The van der Waals surface area contributed by atoms with Gasteiger partial charge in [-0.05, 0) is 37.6 Å². The summed E-state index contributed by atoms with van der Waals surface area (Å²) >= 11 is 5.99. The quantitative estimate of drug-likeness (QED) is 0.856. The predicted octanol–water partition coefficient (Wildman–Crippen LogP) is 2.70. The van der Waals surface area contributed by atoms with Crippen molar-refractivity contribution in [2.75, 3.05) is 19.7 Å². The molecule has 20 heavy (non-hydrogen) atoms. The predicted molar refractivity (Wildman–Crippen MR) is 76.6 cm³/mol. The Morgan fingerprint density at radius 1 is 1.55 bits per heavy atom. The number of ketones is 1. The van der Waals surface area contributed by atoms with Crippen LogP contribution >= 0.6 is 11.6 Å². The summed E-state index contributed by atoms with van der Waals surface area (Å²) in [6, 6.07) is 4.45. The van der Waals surface area contributed by atoms with Crippen molar-refractivity contribution in [1.29, 1.82) is 0 Å². The maximum Gasteiger partial charge on any atom is 0.167 e. The van der Waals surface area contributed by atoms with Gasteiger partial charge in [0.25, 0.3) is 0 Å². The van der Waals surface area contributed by atoms with Crippen LogP contribution in [0.15, 0.2) is 18.2 Å². The first-order valence-electron chi connectivity index (χ1n) is 6.79. The van der Waals surface area contributed by atoms with Gasteiger partial charge in [-0.25, -0.2) is 4.39 Å². The van der Waals surface area contributed by atoms with Crippen LogP contribution in [0.25, 0.3) is 0 Å². The molecule has 5 heteroatoms. The Labute approximate surface area is 123 Å². The van der Waals surface area contributed by atoms with Crippen molar-refractivity contribution in [3.8, 4) is 0 Å². The van der Waals surface area contributed by atoms with Crippen molar-refractivity contribution in [2.24, 2.45) is 0 Å². The number of morpholine rings is 1. The Kier molecular flexibility index (Phi) is 5.13. The van der Waals surface area contributed by atoms with Crippen molar-refractivity contribution in [3.63, 3.8) is 0 Å². The van der Waals surface area contributed by atoms with Gasteiger partial charge < -0.3 is 4.74 Å². The number of carbonyl (C=O) groups excluding carboxylic acids is 1. The lowest BCUT2D eigenvalue weighted by atomic mass is 10.0. The first-order chi connectivity index (χ1) is 9.47. The van der Waals surface area contributed by atoms with Gasteiger partial charge in [-0.2, -0.15) is 0 Å². The van der Waals surface area contributed by atoms with E-state index in [0.29, 0.717) is 29.8 Å². The number of ether oxygens (including phenoxy) is 1. The van der Waals surface area contributed by atoms with E-state index in [1.807, 2.05) is 0 Å². The van der Waals surface area contributed by atoms with Crippen LogP contribution in [-0.2, 0) is 16.0 Å². The number of carbonyl (C=O) groups is 1. The molecule has 1 aliphatic rings. The highest BCUT2D eigenvalue weighted by Gasteiger charge is 2.28. The summed E-state index contributed by atoms with van der Waals surface area (Å²) in [6.45, 7) is 6.16. The Morgan fingerprint density at radius 2 is 2.30 bits per heavy atom. The third-order valence-electron chi connectivity index (χ3n) is 3.56. The molecule has 0 aromatic heterocycles. The molecule has 0 bridgehead atoms. The summed E-state index contributed by atoms with van der Waals surface area (Å²) in [5.41, 5.74) is 0.516. The second kappa shape index (κ2) is 6.66. The maximum atomic E-state index is 13.2. The number of hydrogen-bond acceptors (Lipinski definition) is 3. The number of nitrogens with zero attached hydrogens (tertiary/aromatic N) is 1. The van der Waals surface area contributed by atoms with Gasteiger partial charge in [0.2, 0.25) is 0 Å². The summed E-state index contributed by atoms with van der Waals surface area (Å²) in [4.78, 5) is 14.5. The first-order valence-corrected chi connectivity index (χ1v) is 7.17. The van der Waals surface area contributed by atoms with Gasteiger partial charge in [-0.3, -0.25) is 9.69 Å². The minimum atomic E-state index is -0.453. The summed E-state index contributed by atoms with van der Waals surface area (Å²) in [6.07, 6.45) is -0.349. The third-order valence-corrected chi connectivity index (χ3v) is 3.93. The SMILES string of the molecule is CC(C)N1CCOC(C(=O)Cc2cc(F)ccc2Cl)C1. The maximum absolute atomic E-state index is 13.2. The van der Waals surface area contributed by atoms with E-state index in [1.165, 1.54) is 18.2 Å². The summed E-state index contributed by atoms with van der Waals surface area (Å²) in [5, 5.41) is 0.413. The lowest BCUT2D eigenvalue weighted by Gasteiger charge is -2.34. The average Bonchev–Trinajstić information content (AvgIpc) is 2.43. The van der Waals surface area contributed by atoms with Gasteiger partial charge in [0.15, 0.2) is 5.78 Å². The Hall–Kier alpha value is -0.970. The standard InChI is InChI=1S/C15H19ClFNO2/c1-10(2)18-5-6-20-15(9-18)14(19)8-11-7-12(17)3-4-13(11)16/h3-4,7,10,15H,5-6,8-9H2,1-2H3. The van der Waals surface area contributed by atoms with Gasteiger partial charge in [0.05, 0.1) is 6.61 Å². The molecule has 1 atom stereocenters. The molecule has 0 N–H and O–H groups in total. The smallest absolute Gasteiger partial charge is 0.167 e. The number of rotatable bonds is 4. The van der Waals surface area contributed by atoms with E-state index in [2.05, 4.69) is 18.7 Å². The number of hydrogen-bond donors (Lipinski definition) is 0. The van der Waals surface area contributed by atoms with Gasteiger partial charge in [-0.1, -0.05) is 11.6 Å². The molecular formula is C15H19ClFNO2. The second-order valence-electron chi connectivity index (χ2n) is 5.33. The van der Waals surface area contributed by atoms with Gasteiger partial charge in [0, 0.05) is 30.6 Å². The van der Waals surface area contributed by atoms with Crippen LogP contribution in [0.4, 0.5) is 4.39 Å². The molecule has 1 aromatic carbocycles. The second-order valence-corrected chi connectivity index (χ2v) is 5.73. The van der Waals surface area contributed by atoms with E-state index < -0.39 is 6.10 Å². The highest BCUT2D eigenvalue weighted by molar-refractivity contribution is 6.31. The Bertz CT molecular complexity index is 493. The fraction of sp³-hybridized carbons (Fsp3) is 0.533. The lowest BCUT2D eigenvalue weighted by Crippen LogP contribution is -2.49. The molecule has 0 aliphatic carbocycles. The molecule has 1 heterocycles. The van der Waals surface area contributed by atoms with E-state index in [-0.39, 0.29) is 18.0 Å². The zero-order chi connectivity index (χ0) is 14.7. The van der Waals surface area contributed by atoms with Crippen molar-refractivity contribution >= 4 is 17.4 Å². The molecule has 3 nitrogen and oxygen atoms in total. The number of Topliss-reactive ketones (excluding diaryl/α,β-unsaturated/α-hetero) is 1. The van der Waals surface area contributed by atoms with E-state index in [0.717, 1.165) is 6.54 Å². The molecular weight excluding hydrogens is 281 g/mol. The van der Waals surface area contributed by atoms with Crippen LogP contribution < -0.4 is 0 Å². The zero-order valence-electron chi connectivity index (χ0n) is 11.7. The average molecular weight is 300 g/mol. The summed E-state index contributed by atoms with van der Waals surface area (Å²) in [5.74, 6) is -0.437. The monoisotopic (exact) mass is 299 g/mol. The van der Waals surface area contributed by atoms with Crippen molar-refractivity contribution in [2.45, 2.75) is 32.4 Å².